The highest BCUT2D eigenvalue weighted by Crippen LogP contribution is 2.50. The summed E-state index contributed by atoms with van der Waals surface area (Å²) in [6.07, 6.45) is 4.89. The van der Waals surface area contributed by atoms with Gasteiger partial charge >= 0.3 is 0 Å². The summed E-state index contributed by atoms with van der Waals surface area (Å²) in [6.45, 7) is 12.9. The number of nitrogens with zero attached hydrogens (tertiary/aromatic N) is 1. The van der Waals surface area contributed by atoms with Crippen LogP contribution in [0.25, 0.3) is 0 Å². The van der Waals surface area contributed by atoms with Gasteiger partial charge in [0, 0.05) is 12.6 Å². The summed E-state index contributed by atoms with van der Waals surface area (Å²) in [4.78, 5) is 2.67. The normalized spacial score (nSPS) is 34.2. The van der Waals surface area contributed by atoms with E-state index in [1.54, 1.807) is 0 Å². The molecule has 1 saturated carbocycles. The third-order valence-electron chi connectivity index (χ3n) is 4.71. The van der Waals surface area contributed by atoms with Gasteiger partial charge in [-0.25, -0.2) is 0 Å². The highest BCUT2D eigenvalue weighted by molar-refractivity contribution is 5.15. The molecule has 0 spiro atoms. The molecular formula is C15H30N2O. The summed E-state index contributed by atoms with van der Waals surface area (Å²) in [6, 6.07) is 0.741. The van der Waals surface area contributed by atoms with Crippen molar-refractivity contribution < 1.29 is 4.74 Å². The van der Waals surface area contributed by atoms with Crippen molar-refractivity contribution in [2.24, 2.45) is 5.73 Å². The maximum atomic E-state index is 6.33. The average molecular weight is 254 g/mol. The van der Waals surface area contributed by atoms with E-state index in [2.05, 4.69) is 39.5 Å². The second-order valence-electron chi connectivity index (χ2n) is 7.21. The van der Waals surface area contributed by atoms with E-state index in [1.165, 1.54) is 19.3 Å². The van der Waals surface area contributed by atoms with Crippen LogP contribution in [0.1, 0.15) is 60.3 Å². The van der Waals surface area contributed by atoms with Crippen LogP contribution in [-0.4, -0.2) is 40.8 Å². The minimum Gasteiger partial charge on any atom is -0.368 e. The number of nitrogens with two attached hydrogens (primary N) is 1. The Bertz CT molecular complexity index is 310. The van der Waals surface area contributed by atoms with Crippen molar-refractivity contribution >= 4 is 0 Å². The largest absolute Gasteiger partial charge is 0.368 e. The molecule has 2 rings (SSSR count). The zero-order valence-corrected chi connectivity index (χ0v) is 12.8. The van der Waals surface area contributed by atoms with Gasteiger partial charge in [0.25, 0.3) is 0 Å². The molecule has 0 aromatic heterocycles. The van der Waals surface area contributed by atoms with Gasteiger partial charge in [-0.3, -0.25) is 4.90 Å². The standard InChI is InChI=1S/C15H30N2O/c1-6-9-17(12-7-8-12)15(11-16)10-13(2,3)18-14(15,4)5/h12H,6-11,16H2,1-5H3. The number of hydrogen-bond donors (Lipinski definition) is 1. The van der Waals surface area contributed by atoms with E-state index in [0.717, 1.165) is 19.0 Å². The molecule has 0 aromatic carbocycles. The lowest BCUT2D eigenvalue weighted by molar-refractivity contribution is -0.105. The summed E-state index contributed by atoms with van der Waals surface area (Å²) in [5.74, 6) is 0. The summed E-state index contributed by atoms with van der Waals surface area (Å²) in [5.41, 5.74) is 6.02. The minimum absolute atomic E-state index is 0.00762. The van der Waals surface area contributed by atoms with Crippen molar-refractivity contribution in [2.75, 3.05) is 13.1 Å². The second kappa shape index (κ2) is 4.46. The van der Waals surface area contributed by atoms with Crippen LogP contribution < -0.4 is 5.73 Å². The SMILES string of the molecule is CCCN(C1CC1)C1(CN)CC(C)(C)OC1(C)C. The Kier molecular flexibility index (Phi) is 3.54. The molecule has 3 heteroatoms. The number of ether oxygens (including phenoxy) is 1. The summed E-state index contributed by atoms with van der Waals surface area (Å²) in [5, 5.41) is 0. The summed E-state index contributed by atoms with van der Waals surface area (Å²) in [7, 11) is 0. The molecule has 1 aliphatic heterocycles. The van der Waals surface area contributed by atoms with Crippen LogP contribution in [0.2, 0.25) is 0 Å². The van der Waals surface area contributed by atoms with Crippen LogP contribution in [0, 0.1) is 0 Å². The van der Waals surface area contributed by atoms with Gasteiger partial charge in [0.1, 0.15) is 0 Å². The van der Waals surface area contributed by atoms with Crippen LogP contribution in [0.3, 0.4) is 0 Å². The third-order valence-corrected chi connectivity index (χ3v) is 4.71. The quantitative estimate of drug-likeness (QED) is 0.819. The van der Waals surface area contributed by atoms with Crippen LogP contribution in [-0.2, 0) is 4.74 Å². The minimum atomic E-state index is -0.164. The van der Waals surface area contributed by atoms with E-state index < -0.39 is 0 Å². The Morgan fingerprint density at radius 2 is 1.83 bits per heavy atom. The van der Waals surface area contributed by atoms with Gasteiger partial charge in [-0.2, -0.15) is 0 Å². The first-order chi connectivity index (χ1) is 8.28. The Balaban J connectivity index is 2.33. The predicted molar refractivity (Wildman–Crippen MR) is 75.7 cm³/mol. The molecule has 2 fully saturated rings. The second-order valence-corrected chi connectivity index (χ2v) is 7.21. The van der Waals surface area contributed by atoms with E-state index in [4.69, 9.17) is 10.5 Å². The molecular weight excluding hydrogens is 224 g/mol. The zero-order valence-electron chi connectivity index (χ0n) is 12.8. The van der Waals surface area contributed by atoms with E-state index in [-0.39, 0.29) is 16.7 Å². The molecule has 2 aliphatic rings. The predicted octanol–water partition coefficient (Wildman–Crippen LogP) is 2.54. The fourth-order valence-electron chi connectivity index (χ4n) is 3.99. The fourth-order valence-corrected chi connectivity index (χ4v) is 3.99. The molecule has 0 bridgehead atoms. The Morgan fingerprint density at radius 3 is 2.17 bits per heavy atom. The van der Waals surface area contributed by atoms with E-state index in [1.807, 2.05) is 0 Å². The topological polar surface area (TPSA) is 38.5 Å². The average Bonchev–Trinajstić information content (AvgIpc) is 3.01. The third kappa shape index (κ3) is 2.21. The van der Waals surface area contributed by atoms with Gasteiger partial charge in [-0.1, -0.05) is 6.92 Å². The Hall–Kier alpha value is -0.120. The molecule has 1 saturated heterocycles. The van der Waals surface area contributed by atoms with E-state index in [0.29, 0.717) is 6.54 Å². The maximum Gasteiger partial charge on any atom is 0.0830 e. The fraction of sp³-hybridized carbons (Fsp3) is 1.00. The first kappa shape index (κ1) is 14.3. The summed E-state index contributed by atoms with van der Waals surface area (Å²) < 4.78 is 6.33. The van der Waals surface area contributed by atoms with Gasteiger partial charge in [0.15, 0.2) is 0 Å². The molecule has 1 atom stereocenters. The molecule has 106 valence electrons. The van der Waals surface area contributed by atoms with E-state index in [9.17, 15) is 0 Å². The van der Waals surface area contributed by atoms with Crippen molar-refractivity contribution in [3.05, 3.63) is 0 Å². The molecule has 2 N–H and O–H groups in total. The van der Waals surface area contributed by atoms with Gasteiger partial charge in [-0.15, -0.1) is 0 Å². The van der Waals surface area contributed by atoms with Crippen molar-refractivity contribution in [1.29, 1.82) is 0 Å². The van der Waals surface area contributed by atoms with Crippen molar-refractivity contribution in [3.63, 3.8) is 0 Å². The molecule has 0 aromatic rings. The van der Waals surface area contributed by atoms with Crippen LogP contribution in [0.4, 0.5) is 0 Å². The molecule has 1 unspecified atom stereocenters. The van der Waals surface area contributed by atoms with Crippen LogP contribution >= 0.6 is 0 Å². The van der Waals surface area contributed by atoms with Crippen LogP contribution in [0.5, 0.6) is 0 Å². The van der Waals surface area contributed by atoms with Gasteiger partial charge < -0.3 is 10.5 Å². The monoisotopic (exact) mass is 254 g/mol. The highest BCUT2D eigenvalue weighted by atomic mass is 16.5. The van der Waals surface area contributed by atoms with Gasteiger partial charge in [0.2, 0.25) is 0 Å². The molecule has 18 heavy (non-hydrogen) atoms. The first-order valence-corrected chi connectivity index (χ1v) is 7.45. The molecule has 1 heterocycles. The summed E-state index contributed by atoms with van der Waals surface area (Å²) >= 11 is 0. The molecule has 0 amide bonds. The Morgan fingerprint density at radius 1 is 1.22 bits per heavy atom. The smallest absolute Gasteiger partial charge is 0.0830 e. The lowest BCUT2D eigenvalue weighted by Crippen LogP contribution is -2.64. The van der Waals surface area contributed by atoms with E-state index >= 15 is 0 Å². The number of rotatable bonds is 5. The Labute approximate surface area is 112 Å². The molecule has 3 nitrogen and oxygen atoms in total. The van der Waals surface area contributed by atoms with Crippen molar-refractivity contribution in [2.45, 2.75) is 83.1 Å². The maximum absolute atomic E-state index is 6.33. The van der Waals surface area contributed by atoms with Gasteiger partial charge in [-0.05, 0) is 59.9 Å². The highest BCUT2D eigenvalue weighted by Gasteiger charge is 2.61. The van der Waals surface area contributed by atoms with Crippen molar-refractivity contribution in [3.8, 4) is 0 Å². The molecule has 0 radical (unpaired) electrons. The lowest BCUT2D eigenvalue weighted by atomic mass is 9.77. The lowest BCUT2D eigenvalue weighted by Gasteiger charge is -2.48. The van der Waals surface area contributed by atoms with Crippen LogP contribution in [0.15, 0.2) is 0 Å². The van der Waals surface area contributed by atoms with Gasteiger partial charge in [0.05, 0.1) is 16.7 Å². The van der Waals surface area contributed by atoms with Crippen molar-refractivity contribution in [1.82, 2.24) is 4.90 Å². The molecule has 1 aliphatic carbocycles. The zero-order chi connectivity index (χ0) is 13.6. The number of hydrogen-bond acceptors (Lipinski definition) is 3. The first-order valence-electron chi connectivity index (χ1n) is 7.45.